The molecule has 0 heterocycles. The van der Waals surface area contributed by atoms with E-state index in [4.69, 9.17) is 4.74 Å². The number of para-hydroxylation sites is 1. The molecule has 1 amide bonds. The molecule has 1 N–H and O–H groups in total. The average Bonchev–Trinajstić information content (AvgIpc) is 2.49. The van der Waals surface area contributed by atoms with Crippen LogP contribution in [0, 0.1) is 16.7 Å². The first-order chi connectivity index (χ1) is 9.63. The minimum Gasteiger partial charge on any atom is -0.384 e. The number of nitrogens with zero attached hydrogens (tertiary/aromatic N) is 1. The number of carbonyl (C=O) groups is 1. The third-order valence-electron chi connectivity index (χ3n) is 3.70. The van der Waals surface area contributed by atoms with Crippen LogP contribution in [-0.4, -0.2) is 19.6 Å². The van der Waals surface area contributed by atoms with Crippen molar-refractivity contribution in [3.63, 3.8) is 0 Å². The van der Waals surface area contributed by atoms with Gasteiger partial charge in [-0.1, -0.05) is 32.0 Å². The summed E-state index contributed by atoms with van der Waals surface area (Å²) in [5.74, 6) is -0.227. The Morgan fingerprint density at radius 3 is 2.55 bits per heavy atom. The van der Waals surface area contributed by atoms with Crippen molar-refractivity contribution in [2.24, 2.45) is 5.41 Å². The van der Waals surface area contributed by atoms with Crippen LogP contribution in [0.1, 0.15) is 32.3 Å². The first-order valence-electron chi connectivity index (χ1n) is 6.93. The Morgan fingerprint density at radius 2 is 2.00 bits per heavy atom. The molecular formula is C16H22N2O2. The van der Waals surface area contributed by atoms with E-state index in [-0.39, 0.29) is 5.91 Å². The summed E-state index contributed by atoms with van der Waals surface area (Å²) < 4.78 is 5.07. The van der Waals surface area contributed by atoms with Crippen molar-refractivity contribution in [2.75, 3.05) is 19.0 Å². The van der Waals surface area contributed by atoms with E-state index in [1.807, 2.05) is 38.1 Å². The summed E-state index contributed by atoms with van der Waals surface area (Å²) in [5, 5.41) is 12.2. The van der Waals surface area contributed by atoms with Crippen molar-refractivity contribution in [1.29, 1.82) is 5.26 Å². The third-order valence-corrected chi connectivity index (χ3v) is 3.70. The van der Waals surface area contributed by atoms with Crippen molar-refractivity contribution in [3.8, 4) is 6.07 Å². The average molecular weight is 274 g/mol. The van der Waals surface area contributed by atoms with E-state index in [1.165, 1.54) is 0 Å². The van der Waals surface area contributed by atoms with Crippen LogP contribution in [-0.2, 0) is 16.0 Å². The zero-order chi connectivity index (χ0) is 15.0. The van der Waals surface area contributed by atoms with Gasteiger partial charge in [0.2, 0.25) is 5.91 Å². The predicted molar refractivity (Wildman–Crippen MR) is 79.3 cm³/mol. The summed E-state index contributed by atoms with van der Waals surface area (Å²) in [6, 6.07) is 9.78. The highest BCUT2D eigenvalue weighted by Gasteiger charge is 2.35. The van der Waals surface area contributed by atoms with Gasteiger partial charge in [0.15, 0.2) is 0 Å². The second kappa shape index (κ2) is 7.66. The number of anilines is 1. The van der Waals surface area contributed by atoms with Crippen LogP contribution in [0.4, 0.5) is 5.69 Å². The molecule has 0 bridgehead atoms. The van der Waals surface area contributed by atoms with E-state index in [9.17, 15) is 10.1 Å². The van der Waals surface area contributed by atoms with Gasteiger partial charge in [0.1, 0.15) is 5.41 Å². The Bertz CT molecular complexity index is 487. The van der Waals surface area contributed by atoms with Crippen molar-refractivity contribution in [2.45, 2.75) is 33.1 Å². The first kappa shape index (κ1) is 16.2. The van der Waals surface area contributed by atoms with E-state index in [0.29, 0.717) is 19.4 Å². The molecule has 0 atom stereocenters. The highest BCUT2D eigenvalue weighted by Crippen LogP contribution is 2.28. The quantitative estimate of drug-likeness (QED) is 0.830. The fourth-order valence-corrected chi connectivity index (χ4v) is 2.09. The van der Waals surface area contributed by atoms with Gasteiger partial charge in [0.05, 0.1) is 12.7 Å². The lowest BCUT2D eigenvalue weighted by Gasteiger charge is -2.23. The summed E-state index contributed by atoms with van der Waals surface area (Å²) in [7, 11) is 1.65. The summed E-state index contributed by atoms with van der Waals surface area (Å²) in [4.78, 5) is 12.4. The molecule has 0 aliphatic carbocycles. The van der Waals surface area contributed by atoms with Crippen LogP contribution in [0.5, 0.6) is 0 Å². The van der Waals surface area contributed by atoms with E-state index in [2.05, 4.69) is 11.4 Å². The number of nitrogens with one attached hydrogen (secondary N) is 1. The highest BCUT2D eigenvalue weighted by atomic mass is 16.5. The van der Waals surface area contributed by atoms with E-state index >= 15 is 0 Å². The first-order valence-corrected chi connectivity index (χ1v) is 6.93. The zero-order valence-corrected chi connectivity index (χ0v) is 12.4. The second-order valence-electron chi connectivity index (χ2n) is 4.76. The molecule has 0 saturated carbocycles. The highest BCUT2D eigenvalue weighted by molar-refractivity contribution is 5.97. The van der Waals surface area contributed by atoms with Gasteiger partial charge in [-0.25, -0.2) is 0 Å². The molecule has 0 fully saturated rings. The fourth-order valence-electron chi connectivity index (χ4n) is 2.09. The van der Waals surface area contributed by atoms with Gasteiger partial charge < -0.3 is 10.1 Å². The van der Waals surface area contributed by atoms with Crippen molar-refractivity contribution in [1.82, 2.24) is 0 Å². The molecule has 1 rings (SSSR count). The number of nitriles is 1. The van der Waals surface area contributed by atoms with Crippen molar-refractivity contribution < 1.29 is 9.53 Å². The topological polar surface area (TPSA) is 62.1 Å². The van der Waals surface area contributed by atoms with Crippen LogP contribution < -0.4 is 5.32 Å². The Balaban J connectivity index is 2.93. The van der Waals surface area contributed by atoms with Gasteiger partial charge in [-0.15, -0.1) is 0 Å². The molecule has 4 nitrogen and oxygen atoms in total. The van der Waals surface area contributed by atoms with Crippen molar-refractivity contribution in [3.05, 3.63) is 29.8 Å². The van der Waals surface area contributed by atoms with Crippen LogP contribution in [0.2, 0.25) is 0 Å². The Kier molecular flexibility index (Phi) is 6.20. The van der Waals surface area contributed by atoms with Crippen molar-refractivity contribution >= 4 is 11.6 Å². The number of benzene rings is 1. The summed E-state index contributed by atoms with van der Waals surface area (Å²) >= 11 is 0. The van der Waals surface area contributed by atoms with Crippen LogP contribution in [0.25, 0.3) is 0 Å². The molecule has 108 valence electrons. The van der Waals surface area contributed by atoms with Gasteiger partial charge >= 0.3 is 0 Å². The molecule has 0 unspecified atom stereocenters. The lowest BCUT2D eigenvalue weighted by Crippen LogP contribution is -2.34. The minimum absolute atomic E-state index is 0.227. The Labute approximate surface area is 120 Å². The number of carbonyl (C=O) groups excluding carboxylic acids is 1. The van der Waals surface area contributed by atoms with Gasteiger partial charge in [0, 0.05) is 12.8 Å². The number of ether oxygens (including phenoxy) is 1. The lowest BCUT2D eigenvalue weighted by atomic mass is 9.83. The zero-order valence-electron chi connectivity index (χ0n) is 12.4. The molecule has 0 aliphatic rings. The molecule has 0 saturated heterocycles. The fraction of sp³-hybridized carbons (Fsp3) is 0.500. The van der Waals surface area contributed by atoms with Crippen LogP contribution in [0.15, 0.2) is 24.3 Å². The molecule has 0 radical (unpaired) electrons. The Morgan fingerprint density at radius 1 is 1.35 bits per heavy atom. The predicted octanol–water partition coefficient (Wildman–Crippen LogP) is 3.14. The molecule has 1 aromatic carbocycles. The van der Waals surface area contributed by atoms with Gasteiger partial charge in [-0.05, 0) is 30.9 Å². The number of amides is 1. The summed E-state index contributed by atoms with van der Waals surface area (Å²) in [6.07, 6.45) is 1.74. The van der Waals surface area contributed by atoms with E-state index < -0.39 is 5.41 Å². The number of hydrogen-bond donors (Lipinski definition) is 1. The third kappa shape index (κ3) is 3.58. The standard InChI is InChI=1S/C16H22N2O2/c1-4-16(5-2,12-17)15(19)18-14-9-7-6-8-13(14)10-11-20-3/h6-9H,4-5,10-11H2,1-3H3,(H,18,19). The minimum atomic E-state index is -0.950. The molecule has 4 heteroatoms. The van der Waals surface area contributed by atoms with Gasteiger partial charge in [0.25, 0.3) is 0 Å². The maximum atomic E-state index is 12.4. The smallest absolute Gasteiger partial charge is 0.244 e. The number of methoxy groups -OCH3 is 1. The molecule has 20 heavy (non-hydrogen) atoms. The SMILES string of the molecule is CCC(C#N)(CC)C(=O)Nc1ccccc1CCOC. The summed E-state index contributed by atoms with van der Waals surface area (Å²) in [5.41, 5.74) is 0.826. The molecule has 0 spiro atoms. The monoisotopic (exact) mass is 274 g/mol. The number of rotatable bonds is 7. The van der Waals surface area contributed by atoms with Gasteiger partial charge in [-0.2, -0.15) is 5.26 Å². The molecule has 1 aromatic rings. The largest absolute Gasteiger partial charge is 0.384 e. The van der Waals surface area contributed by atoms with Crippen LogP contribution >= 0.6 is 0 Å². The lowest BCUT2D eigenvalue weighted by molar-refractivity contribution is -0.123. The number of hydrogen-bond acceptors (Lipinski definition) is 3. The van der Waals surface area contributed by atoms with Crippen LogP contribution in [0.3, 0.4) is 0 Å². The normalized spacial score (nSPS) is 10.9. The summed E-state index contributed by atoms with van der Waals surface area (Å²) in [6.45, 7) is 4.32. The molecular weight excluding hydrogens is 252 g/mol. The van der Waals surface area contributed by atoms with E-state index in [0.717, 1.165) is 17.7 Å². The Hall–Kier alpha value is -1.86. The molecule has 0 aromatic heterocycles. The van der Waals surface area contributed by atoms with Gasteiger partial charge in [-0.3, -0.25) is 4.79 Å². The molecule has 0 aliphatic heterocycles. The maximum Gasteiger partial charge on any atom is 0.244 e. The second-order valence-corrected chi connectivity index (χ2v) is 4.76. The maximum absolute atomic E-state index is 12.4. The van der Waals surface area contributed by atoms with E-state index in [1.54, 1.807) is 7.11 Å².